The van der Waals surface area contributed by atoms with E-state index in [0.29, 0.717) is 27.7 Å². The molecule has 0 radical (unpaired) electrons. The first-order valence-corrected chi connectivity index (χ1v) is 8.05. The lowest BCUT2D eigenvalue weighted by Crippen LogP contribution is -2.04. The number of aromatic amines is 1. The highest BCUT2D eigenvalue weighted by atomic mass is 35.5. The van der Waals surface area contributed by atoms with Crippen LogP contribution in [0.25, 0.3) is 22.6 Å². The van der Waals surface area contributed by atoms with E-state index in [1.807, 2.05) is 6.07 Å². The molecule has 3 heterocycles. The number of nitrogens with one attached hydrogen (secondary N) is 2. The Morgan fingerprint density at radius 3 is 3.04 bits per heavy atom. The predicted molar refractivity (Wildman–Crippen MR) is 90.1 cm³/mol. The number of hydrogen-bond donors (Lipinski definition) is 2. The van der Waals surface area contributed by atoms with E-state index < -0.39 is 0 Å². The maximum atomic E-state index is 12.3. The fourth-order valence-corrected chi connectivity index (χ4v) is 3.16. The van der Waals surface area contributed by atoms with Gasteiger partial charge in [-0.1, -0.05) is 17.7 Å². The Morgan fingerprint density at radius 1 is 1.38 bits per heavy atom. The van der Waals surface area contributed by atoms with Gasteiger partial charge in [-0.15, -0.1) is 21.5 Å². The van der Waals surface area contributed by atoms with Crippen LogP contribution in [0, 0.1) is 0 Å². The number of H-pyrrole nitrogens is 1. The van der Waals surface area contributed by atoms with Gasteiger partial charge in [-0.3, -0.25) is 4.79 Å². The molecule has 0 saturated heterocycles. The summed E-state index contributed by atoms with van der Waals surface area (Å²) in [6.07, 6.45) is 1.70. The van der Waals surface area contributed by atoms with Crippen molar-refractivity contribution >= 4 is 39.6 Å². The van der Waals surface area contributed by atoms with Crippen molar-refractivity contribution < 1.29 is 4.42 Å². The van der Waals surface area contributed by atoms with Crippen LogP contribution in [-0.4, -0.2) is 25.6 Å². The Bertz CT molecular complexity index is 1060. The third-order valence-corrected chi connectivity index (χ3v) is 4.41. The molecular weight excluding hydrogens is 352 g/mol. The first kappa shape index (κ1) is 14.8. The number of para-hydroxylation sites is 1. The number of thiazole rings is 1. The minimum Gasteiger partial charge on any atom is -0.450 e. The molecule has 0 unspecified atom stereocenters. The zero-order chi connectivity index (χ0) is 16.5. The van der Waals surface area contributed by atoms with Gasteiger partial charge in [0.1, 0.15) is 0 Å². The van der Waals surface area contributed by atoms with E-state index in [0.717, 1.165) is 4.88 Å². The number of hydrogen-bond acceptors (Lipinski definition) is 8. The lowest BCUT2D eigenvalue weighted by molar-refractivity contribution is 0.613. The van der Waals surface area contributed by atoms with Crippen molar-refractivity contribution in [1.82, 2.24) is 25.6 Å². The average Bonchev–Trinajstić information content (AvgIpc) is 3.24. The summed E-state index contributed by atoms with van der Waals surface area (Å²) < 4.78 is 6.31. The summed E-state index contributed by atoms with van der Waals surface area (Å²) in [7, 11) is 0. The average molecular weight is 361 g/mol. The maximum absolute atomic E-state index is 12.3. The lowest BCUT2D eigenvalue weighted by atomic mass is 10.2. The van der Waals surface area contributed by atoms with Gasteiger partial charge in [-0.25, -0.2) is 4.98 Å². The second-order valence-corrected chi connectivity index (χ2v) is 6.52. The minimum atomic E-state index is -0.180. The highest BCUT2D eigenvalue weighted by Gasteiger charge is 2.13. The van der Waals surface area contributed by atoms with Crippen LogP contribution in [0.2, 0.25) is 4.47 Å². The third kappa shape index (κ3) is 2.74. The van der Waals surface area contributed by atoms with E-state index in [2.05, 4.69) is 30.9 Å². The van der Waals surface area contributed by atoms with Gasteiger partial charge in [0.25, 0.3) is 0 Å². The highest BCUT2D eigenvalue weighted by Crippen LogP contribution is 2.26. The fraction of sp³-hybridized carbons (Fsp3) is 0.0714. The number of benzene rings is 1. The Labute approximate surface area is 143 Å². The van der Waals surface area contributed by atoms with Gasteiger partial charge in [0.15, 0.2) is 21.2 Å². The van der Waals surface area contributed by atoms with Gasteiger partial charge >= 0.3 is 0 Å². The molecule has 0 saturated carbocycles. The number of anilines is 1. The number of fused-ring (bicyclic) bond motifs is 1. The molecule has 1 aromatic carbocycles. The molecule has 3 aromatic heterocycles. The van der Waals surface area contributed by atoms with Crippen molar-refractivity contribution in [1.29, 1.82) is 0 Å². The molecule has 0 bridgehead atoms. The van der Waals surface area contributed by atoms with Crippen molar-refractivity contribution in [3.05, 3.63) is 50.0 Å². The van der Waals surface area contributed by atoms with Gasteiger partial charge in [-0.2, -0.15) is 5.21 Å². The fourth-order valence-electron chi connectivity index (χ4n) is 2.24. The van der Waals surface area contributed by atoms with Crippen LogP contribution in [0.3, 0.4) is 0 Å². The molecular formula is C14H9ClN6O2S. The highest BCUT2D eigenvalue weighted by molar-refractivity contribution is 7.15. The van der Waals surface area contributed by atoms with E-state index in [1.54, 1.807) is 18.3 Å². The monoisotopic (exact) mass is 360 g/mol. The summed E-state index contributed by atoms with van der Waals surface area (Å²) in [6.45, 7) is 0.514. The largest absolute Gasteiger partial charge is 0.450 e. The van der Waals surface area contributed by atoms with Crippen LogP contribution < -0.4 is 10.7 Å². The van der Waals surface area contributed by atoms with Crippen LogP contribution in [0.5, 0.6) is 0 Å². The van der Waals surface area contributed by atoms with E-state index in [9.17, 15) is 4.79 Å². The van der Waals surface area contributed by atoms with Gasteiger partial charge < -0.3 is 9.73 Å². The van der Waals surface area contributed by atoms with Crippen molar-refractivity contribution in [3.8, 4) is 11.6 Å². The Morgan fingerprint density at radius 2 is 2.29 bits per heavy atom. The zero-order valence-electron chi connectivity index (χ0n) is 12.0. The van der Waals surface area contributed by atoms with E-state index in [4.69, 9.17) is 16.0 Å². The van der Waals surface area contributed by atoms with Gasteiger partial charge in [-0.05, 0) is 17.3 Å². The minimum absolute atomic E-state index is 0.180. The van der Waals surface area contributed by atoms with Gasteiger partial charge in [0, 0.05) is 17.1 Å². The Kier molecular flexibility index (Phi) is 3.71. The standard InChI is InChI=1S/C14H9ClN6O2S/c15-14-17-6-7(24-14)5-16-9-3-1-2-8-10(22)4-11(23-12(8)9)13-18-20-21-19-13/h1-4,6,16H,5H2,(H,18,19,20,21). The predicted octanol–water partition coefficient (Wildman–Crippen LogP) is 2.70. The Balaban J connectivity index is 1.76. The van der Waals surface area contributed by atoms with Gasteiger partial charge in [0.2, 0.25) is 5.82 Å². The number of rotatable bonds is 4. The maximum Gasteiger partial charge on any atom is 0.239 e. The van der Waals surface area contributed by atoms with Crippen molar-refractivity contribution in [2.75, 3.05) is 5.32 Å². The van der Waals surface area contributed by atoms with Crippen molar-refractivity contribution in [2.45, 2.75) is 6.54 Å². The smallest absolute Gasteiger partial charge is 0.239 e. The summed E-state index contributed by atoms with van der Waals surface area (Å²) >= 11 is 7.22. The topological polar surface area (TPSA) is 110 Å². The number of nitrogens with zero attached hydrogens (tertiary/aromatic N) is 4. The first-order valence-electron chi connectivity index (χ1n) is 6.85. The second-order valence-electron chi connectivity index (χ2n) is 4.83. The molecule has 2 N–H and O–H groups in total. The molecule has 4 aromatic rings. The molecule has 0 amide bonds. The molecule has 0 atom stereocenters. The first-order chi connectivity index (χ1) is 11.7. The van der Waals surface area contributed by atoms with E-state index in [1.165, 1.54) is 17.4 Å². The molecule has 0 aliphatic rings. The van der Waals surface area contributed by atoms with Crippen molar-refractivity contribution in [2.24, 2.45) is 0 Å². The SMILES string of the molecule is O=c1cc(-c2nn[nH]n2)oc2c(NCc3cnc(Cl)s3)cccc12. The quantitative estimate of drug-likeness (QED) is 0.575. The van der Waals surface area contributed by atoms with Crippen LogP contribution >= 0.6 is 22.9 Å². The lowest BCUT2D eigenvalue weighted by Gasteiger charge is -2.08. The van der Waals surface area contributed by atoms with E-state index >= 15 is 0 Å². The third-order valence-electron chi connectivity index (χ3n) is 3.30. The van der Waals surface area contributed by atoms with E-state index in [-0.39, 0.29) is 17.0 Å². The Hall–Kier alpha value is -2.78. The van der Waals surface area contributed by atoms with Crippen LogP contribution in [0.1, 0.15) is 4.88 Å². The molecule has 24 heavy (non-hydrogen) atoms. The number of tetrazole rings is 1. The molecule has 0 aliphatic heterocycles. The van der Waals surface area contributed by atoms with Crippen LogP contribution in [0.15, 0.2) is 39.7 Å². The van der Waals surface area contributed by atoms with Gasteiger partial charge in [0.05, 0.1) is 17.6 Å². The summed E-state index contributed by atoms with van der Waals surface area (Å²) in [5.74, 6) is 0.467. The zero-order valence-corrected chi connectivity index (χ0v) is 13.6. The van der Waals surface area contributed by atoms with Crippen LogP contribution in [-0.2, 0) is 6.54 Å². The summed E-state index contributed by atoms with van der Waals surface area (Å²) in [5.41, 5.74) is 0.931. The molecule has 0 fully saturated rings. The van der Waals surface area contributed by atoms with Crippen LogP contribution in [0.4, 0.5) is 5.69 Å². The van der Waals surface area contributed by atoms with Crippen molar-refractivity contribution in [3.63, 3.8) is 0 Å². The summed E-state index contributed by atoms with van der Waals surface area (Å²) in [6, 6.07) is 6.67. The molecule has 0 aliphatic carbocycles. The molecule has 8 nitrogen and oxygen atoms in total. The summed E-state index contributed by atoms with van der Waals surface area (Å²) in [5, 5.41) is 17.2. The number of aromatic nitrogens is 5. The molecule has 0 spiro atoms. The normalized spacial score (nSPS) is 11.0. The summed E-state index contributed by atoms with van der Waals surface area (Å²) in [4.78, 5) is 17.3. The number of halogens is 1. The molecule has 120 valence electrons. The molecule has 4 rings (SSSR count). The second kappa shape index (κ2) is 6.02. The molecule has 10 heteroatoms.